The number of anilines is 1. The molecule has 0 aliphatic carbocycles. The molecule has 0 aliphatic heterocycles. The molecule has 6 heteroatoms. The lowest BCUT2D eigenvalue weighted by molar-refractivity contribution is -0.129. The Bertz CT molecular complexity index is 818. The number of benzene rings is 2. The van der Waals surface area contributed by atoms with Crippen LogP contribution >= 0.6 is 0 Å². The number of rotatable bonds is 8. The summed E-state index contributed by atoms with van der Waals surface area (Å²) in [5.41, 5.74) is 2.15. The van der Waals surface area contributed by atoms with Crippen molar-refractivity contribution in [3.63, 3.8) is 0 Å². The Balaban J connectivity index is 1.55. The molecule has 25 heavy (non-hydrogen) atoms. The normalized spacial score (nSPS) is 12.6. The molecule has 1 aromatic heterocycles. The first-order valence-electron chi connectivity index (χ1n) is 8.31. The van der Waals surface area contributed by atoms with Gasteiger partial charge in [-0.2, -0.15) is 10.2 Å². The van der Waals surface area contributed by atoms with Gasteiger partial charge in [-0.1, -0.05) is 36.4 Å². The fourth-order valence-corrected chi connectivity index (χ4v) is 2.75. The van der Waals surface area contributed by atoms with Crippen LogP contribution in [0.2, 0.25) is 0 Å². The number of hydrogen-bond acceptors (Lipinski definition) is 5. The number of hydroxylamine groups is 2. The maximum Gasteiger partial charge on any atom is 0.0885 e. The fraction of sp³-hybridized carbons (Fsp3) is 0.316. The Morgan fingerprint density at radius 1 is 1.24 bits per heavy atom. The Labute approximate surface area is 147 Å². The lowest BCUT2D eigenvalue weighted by Gasteiger charge is -2.17. The quantitative estimate of drug-likeness (QED) is 0.617. The molecule has 0 saturated heterocycles. The van der Waals surface area contributed by atoms with Crippen LogP contribution in [0.3, 0.4) is 0 Å². The van der Waals surface area contributed by atoms with Gasteiger partial charge in [-0.15, -0.1) is 0 Å². The molecule has 1 atom stereocenters. The zero-order chi connectivity index (χ0) is 17.6. The molecular formula is C19H24N4O2. The standard InChI is InChI=1S/C19H24N4O2/c1-22(25-2)13-19(24)14-23-12-18(11-21-23)20-10-15-7-8-16-5-3-4-6-17(16)9-15/h3-9,11-12,19-20,24H,10,13-14H2,1-2H3/t19-/m1/s1. The first kappa shape index (κ1) is 17.4. The third-order valence-electron chi connectivity index (χ3n) is 4.12. The molecule has 2 aromatic carbocycles. The molecule has 0 spiro atoms. The van der Waals surface area contributed by atoms with Crippen molar-refractivity contribution >= 4 is 16.5 Å². The molecule has 132 valence electrons. The van der Waals surface area contributed by atoms with E-state index in [1.165, 1.54) is 16.3 Å². The second kappa shape index (κ2) is 8.11. The summed E-state index contributed by atoms with van der Waals surface area (Å²) < 4.78 is 1.73. The van der Waals surface area contributed by atoms with Crippen LogP contribution in [-0.4, -0.2) is 46.8 Å². The van der Waals surface area contributed by atoms with E-state index in [4.69, 9.17) is 4.84 Å². The highest BCUT2D eigenvalue weighted by Crippen LogP contribution is 2.16. The second-order valence-corrected chi connectivity index (χ2v) is 6.13. The van der Waals surface area contributed by atoms with E-state index < -0.39 is 6.10 Å². The minimum atomic E-state index is -0.543. The monoisotopic (exact) mass is 340 g/mol. The van der Waals surface area contributed by atoms with Crippen molar-refractivity contribution in [3.8, 4) is 0 Å². The number of aliphatic hydroxyl groups is 1. The molecule has 0 aliphatic rings. The lowest BCUT2D eigenvalue weighted by Crippen LogP contribution is -2.31. The van der Waals surface area contributed by atoms with Crippen molar-refractivity contribution in [3.05, 3.63) is 60.4 Å². The summed E-state index contributed by atoms with van der Waals surface area (Å²) in [7, 11) is 3.36. The molecule has 0 amide bonds. The Morgan fingerprint density at radius 2 is 2.04 bits per heavy atom. The molecular weight excluding hydrogens is 316 g/mol. The van der Waals surface area contributed by atoms with E-state index in [2.05, 4.69) is 46.8 Å². The number of nitrogens with one attached hydrogen (secondary N) is 1. The molecule has 2 N–H and O–H groups in total. The van der Waals surface area contributed by atoms with E-state index in [-0.39, 0.29) is 0 Å². The summed E-state index contributed by atoms with van der Waals surface area (Å²) in [6.07, 6.45) is 3.13. The van der Waals surface area contributed by atoms with E-state index >= 15 is 0 Å². The topological polar surface area (TPSA) is 62.6 Å². The van der Waals surface area contributed by atoms with Gasteiger partial charge >= 0.3 is 0 Å². The summed E-state index contributed by atoms with van der Waals surface area (Å²) >= 11 is 0. The van der Waals surface area contributed by atoms with E-state index in [1.807, 2.05) is 12.3 Å². The predicted octanol–water partition coefficient (Wildman–Crippen LogP) is 2.50. The number of hydrogen-bond donors (Lipinski definition) is 2. The number of likely N-dealkylation sites (N-methyl/N-ethyl adjacent to an activating group) is 1. The Kier molecular flexibility index (Phi) is 5.65. The largest absolute Gasteiger partial charge is 0.390 e. The molecule has 1 heterocycles. The van der Waals surface area contributed by atoms with Gasteiger partial charge in [0.05, 0.1) is 38.2 Å². The molecule has 0 saturated carbocycles. The number of nitrogens with zero attached hydrogens (tertiary/aromatic N) is 3. The summed E-state index contributed by atoms with van der Waals surface area (Å²) in [5, 5.41) is 21.8. The number of aliphatic hydroxyl groups excluding tert-OH is 1. The third kappa shape index (κ3) is 4.79. The zero-order valence-electron chi connectivity index (χ0n) is 14.6. The van der Waals surface area contributed by atoms with E-state index in [9.17, 15) is 5.11 Å². The van der Waals surface area contributed by atoms with Crippen LogP contribution in [0.5, 0.6) is 0 Å². The van der Waals surface area contributed by atoms with Gasteiger partial charge in [0.2, 0.25) is 0 Å². The summed E-state index contributed by atoms with van der Waals surface area (Å²) in [6.45, 7) is 1.58. The van der Waals surface area contributed by atoms with E-state index in [0.717, 1.165) is 12.2 Å². The van der Waals surface area contributed by atoms with Crippen molar-refractivity contribution in [2.24, 2.45) is 0 Å². The van der Waals surface area contributed by atoms with Crippen molar-refractivity contribution in [1.29, 1.82) is 0 Å². The third-order valence-corrected chi connectivity index (χ3v) is 4.12. The van der Waals surface area contributed by atoms with E-state index in [1.54, 1.807) is 30.1 Å². The molecule has 0 radical (unpaired) electrons. The van der Waals surface area contributed by atoms with E-state index in [0.29, 0.717) is 13.1 Å². The maximum absolute atomic E-state index is 10.0. The number of fused-ring (bicyclic) bond motifs is 1. The lowest BCUT2D eigenvalue weighted by atomic mass is 10.1. The molecule has 0 bridgehead atoms. The van der Waals surface area contributed by atoms with Crippen LogP contribution in [-0.2, 0) is 17.9 Å². The van der Waals surface area contributed by atoms with Gasteiger partial charge in [0.25, 0.3) is 0 Å². The van der Waals surface area contributed by atoms with Crippen LogP contribution < -0.4 is 5.32 Å². The Hall–Kier alpha value is -2.41. The van der Waals surface area contributed by atoms with Gasteiger partial charge in [-0.3, -0.25) is 4.68 Å². The highest BCUT2D eigenvalue weighted by Gasteiger charge is 2.09. The summed E-state index contributed by atoms with van der Waals surface area (Å²) in [6, 6.07) is 14.8. The first-order chi connectivity index (χ1) is 12.1. The van der Waals surface area contributed by atoms with Gasteiger partial charge < -0.3 is 15.3 Å². The fourth-order valence-electron chi connectivity index (χ4n) is 2.75. The SMILES string of the molecule is CON(C)C[C@@H](O)Cn1cc(NCc2ccc3ccccc3c2)cn1. The molecule has 0 fully saturated rings. The predicted molar refractivity (Wildman–Crippen MR) is 99.1 cm³/mol. The van der Waals surface area contributed by atoms with Crippen LogP contribution in [0.25, 0.3) is 10.8 Å². The summed E-state index contributed by atoms with van der Waals surface area (Å²) in [4.78, 5) is 5.01. The summed E-state index contributed by atoms with van der Waals surface area (Å²) in [5.74, 6) is 0. The molecule has 3 aromatic rings. The average molecular weight is 340 g/mol. The van der Waals surface area contributed by atoms with Gasteiger partial charge in [0, 0.05) is 19.8 Å². The zero-order valence-corrected chi connectivity index (χ0v) is 14.6. The van der Waals surface area contributed by atoms with Gasteiger partial charge in [0.15, 0.2) is 0 Å². The van der Waals surface area contributed by atoms with Crippen LogP contribution in [0, 0.1) is 0 Å². The van der Waals surface area contributed by atoms with Crippen molar-refractivity contribution in [1.82, 2.24) is 14.8 Å². The average Bonchev–Trinajstić information content (AvgIpc) is 3.06. The van der Waals surface area contributed by atoms with Gasteiger partial charge in [-0.25, -0.2) is 0 Å². The van der Waals surface area contributed by atoms with Crippen molar-refractivity contribution < 1.29 is 9.94 Å². The minimum Gasteiger partial charge on any atom is -0.390 e. The number of aromatic nitrogens is 2. The molecule has 6 nitrogen and oxygen atoms in total. The van der Waals surface area contributed by atoms with Crippen LogP contribution in [0.1, 0.15) is 5.56 Å². The minimum absolute atomic E-state index is 0.422. The molecule has 3 rings (SSSR count). The maximum atomic E-state index is 10.0. The highest BCUT2D eigenvalue weighted by atomic mass is 16.7. The van der Waals surface area contributed by atoms with Crippen LogP contribution in [0.4, 0.5) is 5.69 Å². The Morgan fingerprint density at radius 3 is 2.84 bits per heavy atom. The molecule has 0 unspecified atom stereocenters. The second-order valence-electron chi connectivity index (χ2n) is 6.13. The van der Waals surface area contributed by atoms with Gasteiger partial charge in [-0.05, 0) is 22.4 Å². The first-order valence-corrected chi connectivity index (χ1v) is 8.31. The van der Waals surface area contributed by atoms with Crippen molar-refractivity contribution in [2.45, 2.75) is 19.2 Å². The smallest absolute Gasteiger partial charge is 0.0885 e. The highest BCUT2D eigenvalue weighted by molar-refractivity contribution is 5.83. The van der Waals surface area contributed by atoms with Crippen molar-refractivity contribution in [2.75, 3.05) is 26.0 Å². The van der Waals surface area contributed by atoms with Crippen LogP contribution in [0.15, 0.2) is 54.9 Å². The van der Waals surface area contributed by atoms with Gasteiger partial charge in [0.1, 0.15) is 0 Å².